The Morgan fingerprint density at radius 1 is 1.00 bits per heavy atom. The van der Waals surface area contributed by atoms with Gasteiger partial charge in [-0.2, -0.15) is 0 Å². The topological polar surface area (TPSA) is 131 Å². The summed E-state index contributed by atoms with van der Waals surface area (Å²) in [6.07, 6.45) is -4.14. The van der Waals surface area contributed by atoms with E-state index in [-0.39, 0.29) is 25.2 Å². The van der Waals surface area contributed by atoms with Crippen LogP contribution in [0.4, 0.5) is 9.59 Å². The van der Waals surface area contributed by atoms with Crippen LogP contribution in [0.5, 0.6) is 0 Å². The molecule has 0 radical (unpaired) electrons. The minimum Gasteiger partial charge on any atom is -0.443 e. The Labute approximate surface area is 212 Å². The van der Waals surface area contributed by atoms with E-state index in [1.807, 2.05) is 60.7 Å². The molecule has 0 fully saturated rings. The molecule has 0 bridgehead atoms. The van der Waals surface area contributed by atoms with Gasteiger partial charge in [0, 0.05) is 12.5 Å². The van der Waals surface area contributed by atoms with Crippen molar-refractivity contribution in [3.8, 4) is 0 Å². The molecule has 2 rings (SSSR count). The lowest BCUT2D eigenvalue weighted by molar-refractivity contribution is -0.127. The Bertz CT molecular complexity index is 978. The van der Waals surface area contributed by atoms with Crippen LogP contribution in [0.25, 0.3) is 0 Å². The zero-order valence-corrected chi connectivity index (χ0v) is 21.3. The minimum absolute atomic E-state index is 0.0221. The minimum atomic E-state index is -1.15. The first-order chi connectivity index (χ1) is 17.0. The van der Waals surface area contributed by atoms with Crippen molar-refractivity contribution in [2.24, 2.45) is 5.73 Å². The highest BCUT2D eigenvalue weighted by Crippen LogP contribution is 2.18. The number of likely N-dealkylation sites (N-methyl/N-ethyl adjacent to an activating group) is 1. The predicted octanol–water partition coefficient (Wildman–Crippen LogP) is 3.21. The van der Waals surface area contributed by atoms with E-state index in [2.05, 4.69) is 5.32 Å². The second kappa shape index (κ2) is 13.7. The quantitative estimate of drug-likeness (QED) is 0.430. The molecule has 9 nitrogen and oxygen atoms in total. The number of nitrogens with one attached hydrogen (secondary N) is 1. The fraction of sp³-hybridized carbons (Fsp3) is 0.444. The maximum Gasteiger partial charge on any atom is 0.420 e. The van der Waals surface area contributed by atoms with Gasteiger partial charge in [0.05, 0.1) is 19.2 Å². The highest BCUT2D eigenvalue weighted by Gasteiger charge is 2.34. The largest absolute Gasteiger partial charge is 0.443 e. The van der Waals surface area contributed by atoms with E-state index in [0.29, 0.717) is 4.90 Å². The number of ether oxygens (including phenoxy) is 2. The van der Waals surface area contributed by atoms with Crippen LogP contribution in [0.1, 0.15) is 44.4 Å². The van der Waals surface area contributed by atoms with E-state index in [1.165, 1.54) is 0 Å². The number of nitrogens with zero attached hydrogens (tertiary/aromatic N) is 1. The molecule has 0 saturated heterocycles. The average molecular weight is 500 g/mol. The Kier molecular flexibility index (Phi) is 11.0. The number of aliphatic hydroxyl groups excluding tert-OH is 1. The van der Waals surface area contributed by atoms with Gasteiger partial charge in [-0.25, -0.2) is 14.5 Å². The number of imide groups is 1. The lowest BCUT2D eigenvalue weighted by Gasteiger charge is -2.29. The second-order valence-corrected chi connectivity index (χ2v) is 9.56. The molecule has 3 unspecified atom stereocenters. The summed E-state index contributed by atoms with van der Waals surface area (Å²) in [4.78, 5) is 39.4. The Morgan fingerprint density at radius 2 is 1.58 bits per heavy atom. The van der Waals surface area contributed by atoms with Crippen LogP contribution < -0.4 is 11.1 Å². The summed E-state index contributed by atoms with van der Waals surface area (Å²) in [6.45, 7) is 4.54. The van der Waals surface area contributed by atoms with Gasteiger partial charge in [-0.05, 0) is 45.4 Å². The third-order valence-electron chi connectivity index (χ3n) is 5.20. The lowest BCUT2D eigenvalue weighted by atomic mass is 10.0. The van der Waals surface area contributed by atoms with Crippen LogP contribution in [0.15, 0.2) is 60.7 Å². The number of nitrogens with two attached hydrogens (primary N) is 1. The Morgan fingerprint density at radius 3 is 2.14 bits per heavy atom. The predicted molar refractivity (Wildman–Crippen MR) is 136 cm³/mol. The second-order valence-electron chi connectivity index (χ2n) is 9.56. The lowest BCUT2D eigenvalue weighted by Crippen LogP contribution is -2.47. The van der Waals surface area contributed by atoms with Crippen molar-refractivity contribution in [3.05, 3.63) is 71.8 Å². The molecule has 9 heteroatoms. The van der Waals surface area contributed by atoms with E-state index in [0.717, 1.165) is 11.1 Å². The first-order valence-corrected chi connectivity index (χ1v) is 11.9. The molecule has 0 spiro atoms. The number of Topliss-reactive ketones (excluding diaryl/α,β-unsaturated/α-hetero) is 1. The maximum absolute atomic E-state index is 13.2. The molecular formula is C27H37N3O6. The monoisotopic (exact) mass is 499 g/mol. The van der Waals surface area contributed by atoms with Crippen LogP contribution in [0.3, 0.4) is 0 Å². The van der Waals surface area contributed by atoms with Gasteiger partial charge in [0.2, 0.25) is 0 Å². The molecule has 0 aliphatic rings. The molecule has 36 heavy (non-hydrogen) atoms. The zero-order chi connectivity index (χ0) is 26.7. The third kappa shape index (κ3) is 9.77. The number of carbonyl (C=O) groups is 3. The molecule has 2 aromatic carbocycles. The fourth-order valence-corrected chi connectivity index (χ4v) is 3.48. The molecule has 196 valence electrons. The van der Waals surface area contributed by atoms with Crippen LogP contribution in [0.2, 0.25) is 0 Å². The molecule has 0 saturated carbocycles. The van der Waals surface area contributed by atoms with Crippen LogP contribution >= 0.6 is 0 Å². The van der Waals surface area contributed by atoms with Gasteiger partial charge >= 0.3 is 12.2 Å². The average Bonchev–Trinajstić information content (AvgIpc) is 2.82. The number of ketones is 1. The summed E-state index contributed by atoms with van der Waals surface area (Å²) in [6, 6.07) is 17.8. The summed E-state index contributed by atoms with van der Waals surface area (Å²) in [5, 5.41) is 13.5. The van der Waals surface area contributed by atoms with Gasteiger partial charge in [0.15, 0.2) is 11.9 Å². The number of carbonyl (C=O) groups excluding carboxylic acids is 3. The molecule has 2 amide bonds. The van der Waals surface area contributed by atoms with E-state index in [4.69, 9.17) is 15.2 Å². The standard InChI is InChI=1S/C27H37N3O6/c1-27(2,3)36-26(34)30(18-21(31)16-22(28)20-13-9-6-10-14-20)25(33)35-24(23(32)17-29-4)15-19-11-7-5-8-12-19/h5-14,21-22,24,29,31H,15-18,28H2,1-4H3. The van der Waals surface area contributed by atoms with Crippen molar-refractivity contribution in [1.29, 1.82) is 0 Å². The molecule has 0 aliphatic heterocycles. The molecule has 2 aromatic rings. The van der Waals surface area contributed by atoms with E-state index >= 15 is 0 Å². The summed E-state index contributed by atoms with van der Waals surface area (Å²) < 4.78 is 10.9. The fourth-order valence-electron chi connectivity index (χ4n) is 3.48. The summed E-state index contributed by atoms with van der Waals surface area (Å²) in [5.41, 5.74) is 6.90. The highest BCUT2D eigenvalue weighted by atomic mass is 16.6. The number of benzene rings is 2. The van der Waals surface area contributed by atoms with Gasteiger partial charge < -0.3 is 25.6 Å². The molecule has 4 N–H and O–H groups in total. The third-order valence-corrected chi connectivity index (χ3v) is 5.20. The van der Waals surface area contributed by atoms with Crippen molar-refractivity contribution in [2.75, 3.05) is 20.1 Å². The maximum atomic E-state index is 13.2. The number of aliphatic hydroxyl groups is 1. The molecule has 3 atom stereocenters. The van der Waals surface area contributed by atoms with E-state index in [1.54, 1.807) is 27.8 Å². The molecule has 0 aromatic heterocycles. The van der Waals surface area contributed by atoms with Crippen LogP contribution in [0, 0.1) is 0 Å². The van der Waals surface area contributed by atoms with Gasteiger partial charge in [-0.15, -0.1) is 0 Å². The van der Waals surface area contributed by atoms with Gasteiger partial charge in [0.25, 0.3) is 0 Å². The van der Waals surface area contributed by atoms with E-state index in [9.17, 15) is 19.5 Å². The van der Waals surface area contributed by atoms with Crippen molar-refractivity contribution in [2.45, 2.75) is 57.5 Å². The summed E-state index contributed by atoms with van der Waals surface area (Å²) >= 11 is 0. The van der Waals surface area contributed by atoms with Crippen molar-refractivity contribution in [1.82, 2.24) is 10.2 Å². The molecule has 0 aliphatic carbocycles. The first kappa shape index (κ1) is 29.0. The summed E-state index contributed by atoms with van der Waals surface area (Å²) in [5.74, 6) is -0.356. The first-order valence-electron chi connectivity index (χ1n) is 11.9. The molecular weight excluding hydrogens is 462 g/mol. The number of rotatable bonds is 11. The van der Waals surface area contributed by atoms with E-state index < -0.39 is 42.6 Å². The summed E-state index contributed by atoms with van der Waals surface area (Å²) in [7, 11) is 1.61. The van der Waals surface area contributed by atoms with Crippen LogP contribution in [-0.4, -0.2) is 65.9 Å². The normalized spacial score (nSPS) is 13.8. The molecule has 0 heterocycles. The van der Waals surface area contributed by atoms with Crippen LogP contribution in [-0.2, 0) is 20.7 Å². The number of amides is 2. The zero-order valence-electron chi connectivity index (χ0n) is 21.3. The highest BCUT2D eigenvalue weighted by molar-refractivity contribution is 5.91. The van der Waals surface area contributed by atoms with Gasteiger partial charge in [-0.3, -0.25) is 4.79 Å². The Balaban J connectivity index is 2.20. The smallest absolute Gasteiger partial charge is 0.420 e. The van der Waals surface area contributed by atoms with Crippen molar-refractivity contribution in [3.63, 3.8) is 0 Å². The van der Waals surface area contributed by atoms with Gasteiger partial charge in [-0.1, -0.05) is 60.7 Å². The number of hydrogen-bond donors (Lipinski definition) is 3. The van der Waals surface area contributed by atoms with Crippen molar-refractivity contribution >= 4 is 18.0 Å². The Hall–Kier alpha value is -3.27. The number of hydrogen-bond acceptors (Lipinski definition) is 8. The SMILES string of the molecule is CNCC(=O)C(Cc1ccccc1)OC(=O)N(CC(O)CC(N)c1ccccc1)C(=O)OC(C)(C)C. The van der Waals surface area contributed by atoms with Crippen molar-refractivity contribution < 1.29 is 29.0 Å². The van der Waals surface area contributed by atoms with Gasteiger partial charge in [0.1, 0.15) is 5.60 Å².